The Morgan fingerprint density at radius 2 is 1.63 bits per heavy atom. The highest BCUT2D eigenvalue weighted by molar-refractivity contribution is 5.86. The molecule has 4 rings (SSSR count). The predicted octanol–water partition coefficient (Wildman–Crippen LogP) is 3.55. The summed E-state index contributed by atoms with van der Waals surface area (Å²) in [6.45, 7) is 1.86. The topological polar surface area (TPSA) is 114 Å². The Kier molecular flexibility index (Phi) is 7.70. The number of ether oxygens (including phenoxy) is 2. The molecule has 2 aromatic carbocycles. The number of methoxy groups -OCH3 is 1. The number of amides is 2. The van der Waals surface area contributed by atoms with Gasteiger partial charge in [-0.3, -0.25) is 4.79 Å². The molecule has 0 spiro atoms. The minimum atomic E-state index is -1.16. The van der Waals surface area contributed by atoms with Crippen LogP contribution in [0.3, 0.4) is 0 Å². The zero-order valence-corrected chi connectivity index (χ0v) is 20.0. The Balaban J connectivity index is 1.36. The third-order valence-corrected chi connectivity index (χ3v) is 7.27. The van der Waals surface area contributed by atoms with Crippen LogP contribution < -0.4 is 10.6 Å². The second-order valence-electron chi connectivity index (χ2n) is 9.27. The number of hydrogen-bond acceptors (Lipinski definition) is 5. The standard InChI is InChI=1S/C27H32N2O6/c1-16(34-2)24(26(31)32)29-25(30)22(17-8-7-9-17)14-28-27(33)35-15-23-20-12-5-3-10-18(20)19-11-4-6-13-21(19)23/h3-6,10-13,16-17,22-24H,7-9,14-15H2,1-2H3,(H,28,33)(H,29,30)(H,31,32). The highest BCUT2D eigenvalue weighted by Gasteiger charge is 2.36. The number of nitrogens with one attached hydrogen (secondary N) is 2. The number of carbonyl (C=O) groups is 3. The molecule has 0 radical (unpaired) electrons. The first-order valence-corrected chi connectivity index (χ1v) is 12.1. The van der Waals surface area contributed by atoms with Gasteiger partial charge in [-0.2, -0.15) is 0 Å². The van der Waals surface area contributed by atoms with Crippen LogP contribution in [-0.4, -0.2) is 55.5 Å². The zero-order chi connectivity index (χ0) is 24.9. The molecule has 0 aliphatic heterocycles. The average Bonchev–Trinajstić information content (AvgIpc) is 3.15. The number of aliphatic carboxylic acids is 1. The summed E-state index contributed by atoms with van der Waals surface area (Å²) < 4.78 is 10.7. The summed E-state index contributed by atoms with van der Waals surface area (Å²) >= 11 is 0. The Bertz CT molecular complexity index is 1040. The number of carboxylic acid groups (broad SMARTS) is 1. The fraction of sp³-hybridized carbons (Fsp3) is 0.444. The number of carbonyl (C=O) groups excluding carboxylic acids is 2. The monoisotopic (exact) mass is 480 g/mol. The number of fused-ring (bicyclic) bond motifs is 3. The van der Waals surface area contributed by atoms with Crippen LogP contribution >= 0.6 is 0 Å². The number of alkyl carbamates (subject to hydrolysis) is 1. The van der Waals surface area contributed by atoms with Gasteiger partial charge in [0.2, 0.25) is 5.91 Å². The molecule has 0 aromatic heterocycles. The van der Waals surface area contributed by atoms with Crippen molar-refractivity contribution in [3.63, 3.8) is 0 Å². The smallest absolute Gasteiger partial charge is 0.407 e. The Morgan fingerprint density at radius 3 is 2.14 bits per heavy atom. The molecule has 8 nitrogen and oxygen atoms in total. The fourth-order valence-corrected chi connectivity index (χ4v) is 4.93. The molecule has 35 heavy (non-hydrogen) atoms. The van der Waals surface area contributed by atoms with Crippen LogP contribution in [0.15, 0.2) is 48.5 Å². The maximum atomic E-state index is 12.9. The first-order chi connectivity index (χ1) is 16.9. The first kappa shape index (κ1) is 24.7. The lowest BCUT2D eigenvalue weighted by Gasteiger charge is -2.34. The molecule has 0 saturated heterocycles. The van der Waals surface area contributed by atoms with E-state index in [4.69, 9.17) is 9.47 Å². The minimum absolute atomic E-state index is 0.0502. The molecule has 2 amide bonds. The van der Waals surface area contributed by atoms with Gasteiger partial charge in [0, 0.05) is 19.6 Å². The van der Waals surface area contributed by atoms with Crippen LogP contribution in [-0.2, 0) is 19.1 Å². The van der Waals surface area contributed by atoms with E-state index < -0.39 is 36.0 Å². The van der Waals surface area contributed by atoms with Crippen molar-refractivity contribution in [3.8, 4) is 11.1 Å². The zero-order valence-electron chi connectivity index (χ0n) is 20.0. The van der Waals surface area contributed by atoms with Crippen LogP contribution in [0.25, 0.3) is 11.1 Å². The van der Waals surface area contributed by atoms with Crippen LogP contribution in [0.2, 0.25) is 0 Å². The lowest BCUT2D eigenvalue weighted by atomic mass is 9.75. The van der Waals surface area contributed by atoms with E-state index in [1.165, 1.54) is 7.11 Å². The number of benzene rings is 2. The van der Waals surface area contributed by atoms with Crippen LogP contribution in [0.4, 0.5) is 4.79 Å². The van der Waals surface area contributed by atoms with Crippen molar-refractivity contribution in [1.82, 2.24) is 10.6 Å². The minimum Gasteiger partial charge on any atom is -0.480 e. The van der Waals surface area contributed by atoms with Crippen LogP contribution in [0.5, 0.6) is 0 Å². The lowest BCUT2D eigenvalue weighted by molar-refractivity contribution is -0.146. The SMILES string of the molecule is COC(C)C(NC(=O)C(CNC(=O)OCC1c2ccccc2-c2ccccc21)C1CCC1)C(=O)O. The molecule has 1 saturated carbocycles. The number of carboxylic acids is 1. The molecule has 3 N–H and O–H groups in total. The quantitative estimate of drug-likeness (QED) is 0.479. The van der Waals surface area contributed by atoms with Crippen molar-refractivity contribution in [1.29, 1.82) is 0 Å². The van der Waals surface area contributed by atoms with Gasteiger partial charge in [0.15, 0.2) is 6.04 Å². The molecule has 1 fully saturated rings. The Morgan fingerprint density at radius 1 is 1.03 bits per heavy atom. The number of hydrogen-bond donors (Lipinski definition) is 3. The van der Waals surface area contributed by atoms with E-state index in [1.54, 1.807) is 6.92 Å². The average molecular weight is 481 g/mol. The molecular formula is C27H32N2O6. The van der Waals surface area contributed by atoms with E-state index in [0.717, 1.165) is 41.5 Å². The molecule has 0 bridgehead atoms. The highest BCUT2D eigenvalue weighted by atomic mass is 16.5. The number of rotatable bonds is 10. The third kappa shape index (κ3) is 5.32. The Hall–Kier alpha value is -3.39. The van der Waals surface area contributed by atoms with E-state index >= 15 is 0 Å². The first-order valence-electron chi connectivity index (χ1n) is 12.1. The summed E-state index contributed by atoms with van der Waals surface area (Å²) in [4.78, 5) is 37.1. The van der Waals surface area contributed by atoms with Crippen molar-refractivity contribution in [2.45, 2.75) is 44.2 Å². The fourth-order valence-electron chi connectivity index (χ4n) is 4.93. The molecular weight excluding hydrogens is 448 g/mol. The van der Waals surface area contributed by atoms with Crippen molar-refractivity contribution in [3.05, 3.63) is 59.7 Å². The molecule has 2 aromatic rings. The summed E-state index contributed by atoms with van der Waals surface area (Å²) in [5.74, 6) is -2.05. The van der Waals surface area contributed by atoms with E-state index in [0.29, 0.717) is 0 Å². The normalized spacial score (nSPS) is 17.3. The largest absolute Gasteiger partial charge is 0.480 e. The summed E-state index contributed by atoms with van der Waals surface area (Å²) in [6, 6.07) is 15.1. The summed E-state index contributed by atoms with van der Waals surface area (Å²) in [6.07, 6.45) is 1.46. The van der Waals surface area contributed by atoms with E-state index in [1.807, 2.05) is 24.3 Å². The van der Waals surface area contributed by atoms with Gasteiger partial charge in [0.05, 0.1) is 12.0 Å². The molecule has 3 unspecified atom stereocenters. The van der Waals surface area contributed by atoms with Gasteiger partial charge < -0.3 is 25.2 Å². The van der Waals surface area contributed by atoms with Crippen molar-refractivity contribution >= 4 is 18.0 Å². The van der Waals surface area contributed by atoms with E-state index in [-0.39, 0.29) is 25.0 Å². The van der Waals surface area contributed by atoms with Crippen molar-refractivity contribution in [2.75, 3.05) is 20.3 Å². The lowest BCUT2D eigenvalue weighted by Crippen LogP contribution is -2.53. The van der Waals surface area contributed by atoms with Gasteiger partial charge in [-0.15, -0.1) is 0 Å². The van der Waals surface area contributed by atoms with Gasteiger partial charge in [0.1, 0.15) is 6.61 Å². The summed E-state index contributed by atoms with van der Waals surface area (Å²) in [5, 5.41) is 14.8. The van der Waals surface area contributed by atoms with Gasteiger partial charge in [-0.05, 0) is 47.9 Å². The molecule has 8 heteroatoms. The maximum absolute atomic E-state index is 12.9. The highest BCUT2D eigenvalue weighted by Crippen LogP contribution is 2.44. The molecule has 186 valence electrons. The molecule has 3 atom stereocenters. The second kappa shape index (κ2) is 10.9. The summed E-state index contributed by atoms with van der Waals surface area (Å²) in [5.41, 5.74) is 4.55. The van der Waals surface area contributed by atoms with Crippen molar-refractivity contribution in [2.24, 2.45) is 11.8 Å². The third-order valence-electron chi connectivity index (χ3n) is 7.27. The van der Waals surface area contributed by atoms with Gasteiger partial charge in [0.25, 0.3) is 0 Å². The second-order valence-corrected chi connectivity index (χ2v) is 9.27. The molecule has 2 aliphatic carbocycles. The maximum Gasteiger partial charge on any atom is 0.407 e. The molecule has 2 aliphatic rings. The van der Waals surface area contributed by atoms with E-state index in [9.17, 15) is 19.5 Å². The Labute approximate surface area is 205 Å². The van der Waals surface area contributed by atoms with Gasteiger partial charge in [-0.1, -0.05) is 55.0 Å². The van der Waals surface area contributed by atoms with Gasteiger partial charge >= 0.3 is 12.1 Å². The summed E-state index contributed by atoms with van der Waals surface area (Å²) in [7, 11) is 1.40. The van der Waals surface area contributed by atoms with E-state index in [2.05, 4.69) is 34.9 Å². The van der Waals surface area contributed by atoms with Gasteiger partial charge in [-0.25, -0.2) is 9.59 Å². The van der Waals surface area contributed by atoms with Crippen LogP contribution in [0, 0.1) is 11.8 Å². The molecule has 0 heterocycles. The van der Waals surface area contributed by atoms with Crippen molar-refractivity contribution < 1.29 is 29.0 Å². The predicted molar refractivity (Wildman–Crippen MR) is 130 cm³/mol. The van der Waals surface area contributed by atoms with Crippen LogP contribution in [0.1, 0.15) is 43.2 Å².